The molecule has 6 nitrogen and oxygen atoms in total. The second kappa shape index (κ2) is 9.30. The van der Waals surface area contributed by atoms with E-state index < -0.39 is 17.7 Å². The molecule has 186 valence electrons. The monoisotopic (exact) mass is 521 g/mol. The van der Waals surface area contributed by atoms with Gasteiger partial charge in [-0.15, -0.1) is 0 Å². The van der Waals surface area contributed by atoms with Gasteiger partial charge in [-0.25, -0.2) is 0 Å². The van der Waals surface area contributed by atoms with Crippen LogP contribution in [0, 0.1) is 19.8 Å². The van der Waals surface area contributed by atoms with Gasteiger partial charge in [-0.2, -0.15) is 0 Å². The first-order chi connectivity index (χ1) is 17.2. The van der Waals surface area contributed by atoms with Crippen molar-refractivity contribution >= 4 is 46.2 Å². The quantitative estimate of drug-likeness (QED) is 0.392. The lowest BCUT2D eigenvalue weighted by atomic mass is 9.78. The fraction of sp³-hybridized carbons (Fsp3) is 0.286. The fourth-order valence-electron chi connectivity index (χ4n) is 5.13. The molecule has 0 spiro atoms. The lowest BCUT2D eigenvalue weighted by Gasteiger charge is -2.56. The molecule has 3 aromatic rings. The van der Waals surface area contributed by atoms with Crippen LogP contribution in [0.1, 0.15) is 36.6 Å². The van der Waals surface area contributed by atoms with Crippen LogP contribution in [0.4, 0.5) is 11.4 Å². The number of anilines is 2. The van der Waals surface area contributed by atoms with E-state index >= 15 is 0 Å². The van der Waals surface area contributed by atoms with Crippen molar-refractivity contribution in [1.29, 1.82) is 0 Å². The zero-order valence-electron chi connectivity index (χ0n) is 20.6. The van der Waals surface area contributed by atoms with Gasteiger partial charge in [0.2, 0.25) is 5.91 Å². The molecular formula is C28H28ClN3O3S. The maximum absolute atomic E-state index is 14.0. The smallest absolute Gasteiger partial charge is 0.236 e. The third kappa shape index (κ3) is 3.96. The Labute approximate surface area is 221 Å². The summed E-state index contributed by atoms with van der Waals surface area (Å²) in [6.07, 6.45) is 0. The number of nitrogens with zero attached hydrogens (tertiary/aromatic N) is 1. The van der Waals surface area contributed by atoms with Gasteiger partial charge >= 0.3 is 0 Å². The van der Waals surface area contributed by atoms with E-state index in [2.05, 4.69) is 23.6 Å². The van der Waals surface area contributed by atoms with Crippen LogP contribution in [0.5, 0.6) is 11.5 Å². The maximum Gasteiger partial charge on any atom is 0.236 e. The summed E-state index contributed by atoms with van der Waals surface area (Å²) in [5.74, 6) is 0.415. The first-order valence-corrected chi connectivity index (χ1v) is 12.7. The van der Waals surface area contributed by atoms with E-state index in [4.69, 9.17) is 33.3 Å². The second-order valence-electron chi connectivity index (χ2n) is 9.22. The lowest BCUT2D eigenvalue weighted by Crippen LogP contribution is -2.72. The molecule has 36 heavy (non-hydrogen) atoms. The Bertz CT molecular complexity index is 1350. The molecule has 0 aromatic heterocycles. The van der Waals surface area contributed by atoms with E-state index in [9.17, 15) is 4.79 Å². The molecule has 3 atom stereocenters. The topological polar surface area (TPSA) is 62.8 Å². The molecule has 2 aliphatic rings. The number of amides is 1. The molecule has 0 aliphatic carbocycles. The molecule has 5 rings (SSSR count). The van der Waals surface area contributed by atoms with Crippen molar-refractivity contribution in [2.45, 2.75) is 39.5 Å². The van der Waals surface area contributed by atoms with E-state index in [-0.39, 0.29) is 5.91 Å². The molecule has 0 unspecified atom stereocenters. The summed E-state index contributed by atoms with van der Waals surface area (Å²) in [6, 6.07) is 18.4. The summed E-state index contributed by atoms with van der Waals surface area (Å²) in [6.45, 7) is 8.46. The highest BCUT2D eigenvalue weighted by Crippen LogP contribution is 2.53. The van der Waals surface area contributed by atoms with Gasteiger partial charge in [-0.3, -0.25) is 9.69 Å². The van der Waals surface area contributed by atoms with Gasteiger partial charge in [0.1, 0.15) is 5.92 Å². The molecule has 3 aromatic carbocycles. The number of aryl methyl sites for hydroxylation is 1. The molecule has 2 heterocycles. The molecular weight excluding hydrogens is 494 g/mol. The third-order valence-corrected chi connectivity index (χ3v) is 7.55. The number of thiocarbonyl (C=S) groups is 1. The van der Waals surface area contributed by atoms with Crippen molar-refractivity contribution in [1.82, 2.24) is 5.32 Å². The molecule has 2 N–H and O–H groups in total. The van der Waals surface area contributed by atoms with Gasteiger partial charge in [-0.05, 0) is 87.4 Å². The summed E-state index contributed by atoms with van der Waals surface area (Å²) in [5.41, 5.74) is 3.41. The fourth-order valence-corrected chi connectivity index (χ4v) is 5.67. The van der Waals surface area contributed by atoms with Crippen molar-refractivity contribution in [3.8, 4) is 11.5 Å². The molecule has 2 aliphatic heterocycles. The van der Waals surface area contributed by atoms with E-state index in [1.807, 2.05) is 56.0 Å². The third-order valence-electron chi connectivity index (χ3n) is 7.00. The van der Waals surface area contributed by atoms with Crippen molar-refractivity contribution < 1.29 is 14.3 Å². The number of carbonyl (C=O) groups is 1. The molecule has 0 radical (unpaired) electrons. The van der Waals surface area contributed by atoms with Gasteiger partial charge in [0.05, 0.1) is 18.3 Å². The predicted molar refractivity (Wildman–Crippen MR) is 147 cm³/mol. The first-order valence-electron chi connectivity index (χ1n) is 11.9. The van der Waals surface area contributed by atoms with Crippen LogP contribution in [0.15, 0.2) is 60.7 Å². The van der Waals surface area contributed by atoms with E-state index in [1.165, 1.54) is 0 Å². The van der Waals surface area contributed by atoms with Crippen molar-refractivity contribution in [3.05, 3.63) is 82.4 Å². The maximum atomic E-state index is 14.0. The largest absolute Gasteiger partial charge is 0.490 e. The minimum absolute atomic E-state index is 0.192. The standard InChI is InChI=1S/C28H28ClN3O3S/c1-5-34-22-11-7-9-20-24-23(26(33)30-19-14-12-18(29)13-15-19)28(4,35-25(20)22)32(27(36)31-24)21-10-6-8-16(2)17(21)3/h6-15,23-24H,5H2,1-4H3,(H,30,33)(H,31,36)/t23-,24+,28+/m1/s1. The minimum atomic E-state index is -1.14. The summed E-state index contributed by atoms with van der Waals surface area (Å²) in [5, 5.41) is 7.62. The highest BCUT2D eigenvalue weighted by molar-refractivity contribution is 7.80. The number of para-hydroxylation sites is 1. The van der Waals surface area contributed by atoms with Gasteiger partial charge in [0.15, 0.2) is 22.3 Å². The number of hydrogen-bond donors (Lipinski definition) is 2. The summed E-state index contributed by atoms with van der Waals surface area (Å²) in [7, 11) is 0. The Balaban J connectivity index is 1.66. The Hall–Kier alpha value is -3.29. The number of fused-ring (bicyclic) bond motifs is 4. The minimum Gasteiger partial charge on any atom is -0.490 e. The Kier molecular flexibility index (Phi) is 6.30. The number of hydrogen-bond acceptors (Lipinski definition) is 4. The number of carbonyl (C=O) groups excluding carboxylic acids is 1. The zero-order chi connectivity index (χ0) is 25.6. The highest BCUT2D eigenvalue weighted by atomic mass is 35.5. The number of benzene rings is 3. The summed E-state index contributed by atoms with van der Waals surface area (Å²) in [4.78, 5) is 15.9. The zero-order valence-corrected chi connectivity index (χ0v) is 22.2. The Morgan fingerprint density at radius 1 is 1.17 bits per heavy atom. The van der Waals surface area contributed by atoms with E-state index in [0.717, 1.165) is 22.4 Å². The molecule has 1 fully saturated rings. The van der Waals surface area contributed by atoms with Gasteiger partial charge in [-0.1, -0.05) is 35.9 Å². The van der Waals surface area contributed by atoms with Crippen molar-refractivity contribution in [2.24, 2.45) is 5.92 Å². The summed E-state index contributed by atoms with van der Waals surface area (Å²) >= 11 is 11.9. The molecule has 2 bridgehead atoms. The van der Waals surface area contributed by atoms with Crippen LogP contribution in [0.3, 0.4) is 0 Å². The average molecular weight is 522 g/mol. The van der Waals surface area contributed by atoms with Crippen molar-refractivity contribution in [2.75, 3.05) is 16.8 Å². The van der Waals surface area contributed by atoms with Crippen LogP contribution in [0.2, 0.25) is 5.02 Å². The van der Waals surface area contributed by atoms with Crippen LogP contribution in [-0.4, -0.2) is 23.4 Å². The van der Waals surface area contributed by atoms with Gasteiger partial charge in [0, 0.05) is 16.3 Å². The summed E-state index contributed by atoms with van der Waals surface area (Å²) < 4.78 is 12.7. The predicted octanol–water partition coefficient (Wildman–Crippen LogP) is 6.15. The Morgan fingerprint density at radius 2 is 1.89 bits per heavy atom. The first kappa shape index (κ1) is 24.4. The van der Waals surface area contributed by atoms with Crippen molar-refractivity contribution in [3.63, 3.8) is 0 Å². The SMILES string of the molecule is CCOc1cccc2c1O[C@@]1(C)[C@@H](C(=O)Nc3ccc(Cl)cc3)[C@H]2NC(=S)N1c1cccc(C)c1C. The van der Waals surface area contributed by atoms with Gasteiger partial charge < -0.3 is 20.1 Å². The number of halogens is 1. The molecule has 1 amide bonds. The average Bonchev–Trinajstić information content (AvgIpc) is 2.83. The molecule has 0 saturated carbocycles. The van der Waals surface area contributed by atoms with Gasteiger partial charge in [0.25, 0.3) is 0 Å². The van der Waals surface area contributed by atoms with Crippen LogP contribution in [0.25, 0.3) is 0 Å². The van der Waals surface area contributed by atoms with E-state index in [1.54, 1.807) is 24.3 Å². The lowest BCUT2D eigenvalue weighted by molar-refractivity contribution is -0.130. The van der Waals surface area contributed by atoms with Crippen LogP contribution < -0.4 is 25.0 Å². The normalized spacial score (nSPS) is 22.2. The van der Waals surface area contributed by atoms with Crippen LogP contribution in [-0.2, 0) is 4.79 Å². The second-order valence-corrected chi connectivity index (χ2v) is 10.0. The van der Waals surface area contributed by atoms with E-state index in [0.29, 0.717) is 33.9 Å². The number of ether oxygens (including phenoxy) is 2. The Morgan fingerprint density at radius 3 is 2.61 bits per heavy atom. The molecule has 1 saturated heterocycles. The number of rotatable bonds is 5. The number of nitrogens with one attached hydrogen (secondary N) is 2. The van der Waals surface area contributed by atoms with Crippen LogP contribution >= 0.6 is 23.8 Å². The molecule has 8 heteroatoms. The highest BCUT2D eigenvalue weighted by Gasteiger charge is 2.59.